The lowest BCUT2D eigenvalue weighted by molar-refractivity contribution is -0.122. The van der Waals surface area contributed by atoms with Crippen LogP contribution in [-0.2, 0) is 9.59 Å². The van der Waals surface area contributed by atoms with Crippen LogP contribution >= 0.6 is 0 Å². The fourth-order valence-corrected chi connectivity index (χ4v) is 4.24. The van der Waals surface area contributed by atoms with Gasteiger partial charge in [0.2, 0.25) is 11.8 Å². The molecule has 2 aromatic rings. The van der Waals surface area contributed by atoms with Gasteiger partial charge in [-0.15, -0.1) is 0 Å². The predicted molar refractivity (Wildman–Crippen MR) is 107 cm³/mol. The molecular weight excluding hydrogens is 371 g/mol. The molecule has 0 aromatic heterocycles. The number of nitrogens with one attached hydrogen (secondary N) is 1. The summed E-state index contributed by atoms with van der Waals surface area (Å²) < 4.78 is 13.1. The molecule has 1 aliphatic carbocycles. The van der Waals surface area contributed by atoms with E-state index in [1.807, 2.05) is 38.1 Å². The smallest absolute Gasteiger partial charge is 0.251 e. The van der Waals surface area contributed by atoms with Crippen LogP contribution < -0.4 is 10.2 Å². The third-order valence-corrected chi connectivity index (χ3v) is 5.66. The van der Waals surface area contributed by atoms with E-state index in [9.17, 15) is 18.8 Å². The van der Waals surface area contributed by atoms with Crippen molar-refractivity contribution < 1.29 is 18.8 Å². The van der Waals surface area contributed by atoms with E-state index in [0.29, 0.717) is 17.7 Å². The van der Waals surface area contributed by atoms with Gasteiger partial charge in [0.25, 0.3) is 5.91 Å². The molecule has 5 nitrogen and oxygen atoms in total. The van der Waals surface area contributed by atoms with Crippen molar-refractivity contribution >= 4 is 23.4 Å². The Kier molecular flexibility index (Phi) is 4.78. The number of amides is 3. The highest BCUT2D eigenvalue weighted by Crippen LogP contribution is 2.40. The number of para-hydroxylation sites is 1. The van der Waals surface area contributed by atoms with Gasteiger partial charge in [0.05, 0.1) is 23.6 Å². The Bertz CT molecular complexity index is 1010. The van der Waals surface area contributed by atoms with Crippen molar-refractivity contribution in [1.29, 1.82) is 0 Å². The molecule has 1 aliphatic heterocycles. The first-order chi connectivity index (χ1) is 13.9. The summed E-state index contributed by atoms with van der Waals surface area (Å²) in [6.45, 7) is 3.74. The number of benzene rings is 2. The molecule has 6 heteroatoms. The minimum absolute atomic E-state index is 0.234. The molecule has 148 valence electrons. The molecule has 1 N–H and O–H groups in total. The summed E-state index contributed by atoms with van der Waals surface area (Å²) in [5.74, 6) is -2.54. The maximum absolute atomic E-state index is 13.3. The second kappa shape index (κ2) is 7.28. The average Bonchev–Trinajstić information content (AvgIpc) is 2.94. The van der Waals surface area contributed by atoms with E-state index in [1.54, 1.807) is 6.08 Å². The van der Waals surface area contributed by atoms with E-state index in [-0.39, 0.29) is 11.8 Å². The van der Waals surface area contributed by atoms with Gasteiger partial charge in [-0.3, -0.25) is 14.4 Å². The molecule has 2 aromatic carbocycles. The molecule has 3 atom stereocenters. The number of halogens is 1. The molecule has 3 amide bonds. The van der Waals surface area contributed by atoms with E-state index in [1.165, 1.54) is 29.2 Å². The SMILES string of the molecule is Cc1cccc(C)c1N1C(=O)C2CC=CC(NC(=O)c3ccc(F)cc3)C2C1=O. The number of aryl methyl sites for hydroxylation is 2. The van der Waals surface area contributed by atoms with Crippen LogP contribution in [0.4, 0.5) is 10.1 Å². The molecule has 4 rings (SSSR count). The van der Waals surface area contributed by atoms with Crippen molar-refractivity contribution in [3.8, 4) is 0 Å². The average molecular weight is 392 g/mol. The van der Waals surface area contributed by atoms with E-state index >= 15 is 0 Å². The van der Waals surface area contributed by atoms with E-state index < -0.39 is 29.6 Å². The molecule has 0 saturated carbocycles. The highest BCUT2D eigenvalue weighted by molar-refractivity contribution is 6.23. The lowest BCUT2D eigenvalue weighted by Crippen LogP contribution is -2.45. The fraction of sp³-hybridized carbons (Fsp3) is 0.261. The molecule has 3 unspecified atom stereocenters. The largest absolute Gasteiger partial charge is 0.345 e. The molecular formula is C23H21FN2O3. The Morgan fingerprint density at radius 3 is 2.34 bits per heavy atom. The monoisotopic (exact) mass is 392 g/mol. The number of carbonyl (C=O) groups is 3. The number of carbonyl (C=O) groups excluding carboxylic acids is 3. The van der Waals surface area contributed by atoms with Crippen LogP contribution in [0.15, 0.2) is 54.6 Å². The van der Waals surface area contributed by atoms with E-state index in [0.717, 1.165) is 11.1 Å². The van der Waals surface area contributed by atoms with Crippen molar-refractivity contribution in [2.24, 2.45) is 11.8 Å². The summed E-state index contributed by atoms with van der Waals surface area (Å²) in [6.07, 6.45) is 4.05. The van der Waals surface area contributed by atoms with E-state index in [4.69, 9.17) is 0 Å². The van der Waals surface area contributed by atoms with Crippen molar-refractivity contribution in [2.45, 2.75) is 26.3 Å². The number of rotatable bonds is 3. The number of hydrogen-bond donors (Lipinski definition) is 1. The summed E-state index contributed by atoms with van der Waals surface area (Å²) in [7, 11) is 0. The zero-order valence-corrected chi connectivity index (χ0v) is 16.2. The quantitative estimate of drug-likeness (QED) is 0.644. The van der Waals surface area contributed by atoms with Crippen LogP contribution in [0.1, 0.15) is 27.9 Å². The zero-order valence-electron chi connectivity index (χ0n) is 16.2. The second-order valence-corrected chi connectivity index (χ2v) is 7.55. The topological polar surface area (TPSA) is 66.5 Å². The zero-order chi connectivity index (χ0) is 20.7. The fourth-order valence-electron chi connectivity index (χ4n) is 4.24. The van der Waals surface area contributed by atoms with Gasteiger partial charge in [0, 0.05) is 5.56 Å². The van der Waals surface area contributed by atoms with Crippen LogP contribution in [0.25, 0.3) is 0 Å². The minimum Gasteiger partial charge on any atom is -0.345 e. The predicted octanol–water partition coefficient (Wildman–Crippen LogP) is 3.31. The Labute approximate surface area is 168 Å². The molecule has 29 heavy (non-hydrogen) atoms. The number of allylic oxidation sites excluding steroid dienone is 1. The van der Waals surface area contributed by atoms with Gasteiger partial charge in [-0.25, -0.2) is 9.29 Å². The molecule has 0 bridgehead atoms. The first-order valence-electron chi connectivity index (χ1n) is 9.55. The van der Waals surface area contributed by atoms with Gasteiger partial charge in [-0.05, 0) is 55.7 Å². The number of nitrogens with zero attached hydrogens (tertiary/aromatic N) is 1. The van der Waals surface area contributed by atoms with Crippen molar-refractivity contribution in [3.05, 3.63) is 77.1 Å². The van der Waals surface area contributed by atoms with Gasteiger partial charge in [-0.1, -0.05) is 30.4 Å². The van der Waals surface area contributed by atoms with Crippen LogP contribution in [0, 0.1) is 31.5 Å². The normalized spacial score (nSPS) is 23.3. The third-order valence-electron chi connectivity index (χ3n) is 5.66. The third kappa shape index (κ3) is 3.24. The summed E-state index contributed by atoms with van der Waals surface area (Å²) >= 11 is 0. The molecule has 1 saturated heterocycles. The Balaban J connectivity index is 1.63. The minimum atomic E-state index is -0.657. The Hall–Kier alpha value is -3.28. The van der Waals surface area contributed by atoms with Crippen LogP contribution in [0.2, 0.25) is 0 Å². The number of hydrogen-bond acceptors (Lipinski definition) is 3. The summed E-state index contributed by atoms with van der Waals surface area (Å²) in [6, 6.07) is 10.2. The summed E-state index contributed by atoms with van der Waals surface area (Å²) in [4.78, 5) is 40.3. The maximum Gasteiger partial charge on any atom is 0.251 e. The second-order valence-electron chi connectivity index (χ2n) is 7.55. The summed E-state index contributed by atoms with van der Waals surface area (Å²) in [5.41, 5.74) is 2.63. The standard InChI is InChI=1S/C23H21FN2O3/c1-13-5-3-6-14(2)20(13)26-22(28)17-7-4-8-18(19(17)23(26)29)25-21(27)15-9-11-16(24)12-10-15/h3-6,8-12,17-19H,7H2,1-2H3,(H,25,27). The van der Waals surface area contributed by atoms with Crippen molar-refractivity contribution in [2.75, 3.05) is 4.90 Å². The molecule has 0 spiro atoms. The number of anilines is 1. The van der Waals surface area contributed by atoms with Gasteiger partial charge in [-0.2, -0.15) is 0 Å². The van der Waals surface area contributed by atoms with Gasteiger partial charge in [0.15, 0.2) is 0 Å². The molecule has 1 heterocycles. The van der Waals surface area contributed by atoms with Gasteiger partial charge < -0.3 is 5.32 Å². The molecule has 1 fully saturated rings. The lowest BCUT2D eigenvalue weighted by Gasteiger charge is -2.27. The van der Waals surface area contributed by atoms with E-state index in [2.05, 4.69) is 5.32 Å². The highest BCUT2D eigenvalue weighted by Gasteiger charge is 2.52. The molecule has 2 aliphatic rings. The first-order valence-corrected chi connectivity index (χ1v) is 9.55. The first kappa shape index (κ1) is 19.1. The highest BCUT2D eigenvalue weighted by atomic mass is 19.1. The Morgan fingerprint density at radius 2 is 1.69 bits per heavy atom. The lowest BCUT2D eigenvalue weighted by atomic mass is 9.81. The van der Waals surface area contributed by atoms with Crippen LogP contribution in [0.3, 0.4) is 0 Å². The summed E-state index contributed by atoms with van der Waals surface area (Å²) in [5, 5.41) is 2.83. The Morgan fingerprint density at radius 1 is 1.03 bits per heavy atom. The maximum atomic E-state index is 13.3. The van der Waals surface area contributed by atoms with Crippen molar-refractivity contribution in [3.63, 3.8) is 0 Å². The van der Waals surface area contributed by atoms with Crippen LogP contribution in [-0.4, -0.2) is 23.8 Å². The number of imide groups is 1. The van der Waals surface area contributed by atoms with Gasteiger partial charge >= 0.3 is 0 Å². The van der Waals surface area contributed by atoms with Crippen molar-refractivity contribution in [1.82, 2.24) is 5.32 Å². The number of fused-ring (bicyclic) bond motifs is 1. The molecule has 0 radical (unpaired) electrons. The van der Waals surface area contributed by atoms with Crippen LogP contribution in [0.5, 0.6) is 0 Å². The van der Waals surface area contributed by atoms with Gasteiger partial charge in [0.1, 0.15) is 5.82 Å².